The first-order chi connectivity index (χ1) is 17.5. The Morgan fingerprint density at radius 2 is 0.861 bits per heavy atom. The Bertz CT molecular complexity index is 460. The van der Waals surface area contributed by atoms with Crippen molar-refractivity contribution in [1.29, 1.82) is 0 Å². The van der Waals surface area contributed by atoms with E-state index in [1.807, 2.05) is 0 Å². The van der Waals surface area contributed by atoms with Crippen molar-refractivity contribution >= 4 is 14.3 Å². The summed E-state index contributed by atoms with van der Waals surface area (Å²) < 4.78 is 38.2. The third kappa shape index (κ3) is 31.5. The van der Waals surface area contributed by atoms with E-state index < -0.39 is 8.32 Å². The average Bonchev–Trinajstić information content (AvgIpc) is 2.83. The molecule has 8 nitrogen and oxygen atoms in total. The van der Waals surface area contributed by atoms with Crippen LogP contribution in [0.3, 0.4) is 0 Å². The summed E-state index contributed by atoms with van der Waals surface area (Å²) in [5, 5.41) is 0. The maximum atomic E-state index is 11.7. The number of hydrogen-bond donors (Lipinski definition) is 0. The molecule has 0 aliphatic heterocycles. The Morgan fingerprint density at radius 3 is 1.28 bits per heavy atom. The van der Waals surface area contributed by atoms with Crippen molar-refractivity contribution < 1.29 is 37.6 Å². The highest BCUT2D eigenvalue weighted by atomic mass is 28.4. The lowest BCUT2D eigenvalue weighted by Crippen LogP contribution is -2.27. The Hall–Kier alpha value is -0.553. The van der Waals surface area contributed by atoms with Gasteiger partial charge in [0.2, 0.25) is 0 Å². The molecule has 0 spiro atoms. The van der Waals surface area contributed by atoms with Gasteiger partial charge < -0.3 is 32.8 Å². The molecule has 0 aromatic rings. The third-order valence-electron chi connectivity index (χ3n) is 5.23. The molecule has 0 unspecified atom stereocenters. The number of esters is 1. The van der Waals surface area contributed by atoms with Crippen molar-refractivity contribution in [1.82, 2.24) is 0 Å². The first-order valence-electron chi connectivity index (χ1n) is 14.1. The topological polar surface area (TPSA) is 81.7 Å². The molecule has 0 rings (SSSR count). The van der Waals surface area contributed by atoms with Gasteiger partial charge in [-0.05, 0) is 26.1 Å². The molecule has 0 aromatic heterocycles. The fraction of sp³-hybridized carbons (Fsp3) is 0.963. The molecule has 0 atom stereocenters. The lowest BCUT2D eigenvalue weighted by molar-refractivity contribution is -0.145. The highest BCUT2D eigenvalue weighted by Crippen LogP contribution is 2.10. The smallest absolute Gasteiger partial charge is 0.305 e. The number of hydrogen-bond acceptors (Lipinski definition) is 8. The molecule has 0 aliphatic rings. The van der Waals surface area contributed by atoms with E-state index in [0.717, 1.165) is 12.8 Å². The SMILES string of the molecule is CCCCCCCCCCCC(=O)OCCOCCOCCOCCOCCOCCO[Si](C)(C)C. The van der Waals surface area contributed by atoms with Gasteiger partial charge in [0.1, 0.15) is 6.61 Å². The number of rotatable bonds is 29. The Balaban J connectivity index is 3.15. The largest absolute Gasteiger partial charge is 0.463 e. The second-order valence-corrected chi connectivity index (χ2v) is 14.3. The van der Waals surface area contributed by atoms with E-state index in [1.165, 1.54) is 44.9 Å². The lowest BCUT2D eigenvalue weighted by Gasteiger charge is -2.16. The van der Waals surface area contributed by atoms with Crippen LogP contribution in [0.4, 0.5) is 0 Å². The minimum atomic E-state index is -1.44. The third-order valence-corrected chi connectivity index (χ3v) is 6.30. The molecule has 0 N–H and O–H groups in total. The number of ether oxygens (including phenoxy) is 6. The maximum absolute atomic E-state index is 11.7. The van der Waals surface area contributed by atoms with Crippen LogP contribution < -0.4 is 0 Å². The van der Waals surface area contributed by atoms with E-state index in [0.29, 0.717) is 85.7 Å². The highest BCUT2D eigenvalue weighted by molar-refractivity contribution is 6.69. The van der Waals surface area contributed by atoms with Crippen molar-refractivity contribution in [3.05, 3.63) is 0 Å². The summed E-state index contributed by atoms with van der Waals surface area (Å²) in [5.74, 6) is -0.126. The first-order valence-corrected chi connectivity index (χ1v) is 17.5. The molecule has 0 aliphatic carbocycles. The van der Waals surface area contributed by atoms with Crippen LogP contribution in [0, 0.1) is 0 Å². The van der Waals surface area contributed by atoms with Gasteiger partial charge in [-0.2, -0.15) is 0 Å². The van der Waals surface area contributed by atoms with Crippen molar-refractivity contribution in [3.63, 3.8) is 0 Å². The molecule has 0 saturated carbocycles. The number of carbonyl (C=O) groups excluding carboxylic acids is 1. The lowest BCUT2D eigenvalue weighted by atomic mass is 10.1. The molecule has 216 valence electrons. The zero-order valence-electron chi connectivity index (χ0n) is 23.8. The van der Waals surface area contributed by atoms with Gasteiger partial charge in [0.15, 0.2) is 8.32 Å². The van der Waals surface area contributed by atoms with Gasteiger partial charge in [0, 0.05) is 6.42 Å². The first kappa shape index (κ1) is 35.4. The van der Waals surface area contributed by atoms with Crippen LogP contribution in [-0.4, -0.2) is 93.6 Å². The van der Waals surface area contributed by atoms with E-state index in [2.05, 4.69) is 26.6 Å². The van der Waals surface area contributed by atoms with Crippen LogP contribution in [0.15, 0.2) is 0 Å². The van der Waals surface area contributed by atoms with Gasteiger partial charge in [-0.25, -0.2) is 0 Å². The molecule has 0 aromatic carbocycles. The molecule has 0 radical (unpaired) electrons. The fourth-order valence-electron chi connectivity index (χ4n) is 3.26. The summed E-state index contributed by atoms with van der Waals surface area (Å²) in [7, 11) is -1.44. The minimum absolute atomic E-state index is 0.126. The zero-order valence-corrected chi connectivity index (χ0v) is 24.8. The molecule has 0 heterocycles. The normalized spacial score (nSPS) is 11.8. The Labute approximate surface area is 222 Å². The molecule has 0 saturated heterocycles. The monoisotopic (exact) mass is 536 g/mol. The molecular formula is C27H56O8Si. The second kappa shape index (κ2) is 27.5. The van der Waals surface area contributed by atoms with Gasteiger partial charge in [0.25, 0.3) is 0 Å². The highest BCUT2D eigenvalue weighted by Gasteiger charge is 2.13. The van der Waals surface area contributed by atoms with E-state index in [1.54, 1.807) is 0 Å². The number of unbranched alkanes of at least 4 members (excludes halogenated alkanes) is 8. The summed E-state index contributed by atoms with van der Waals surface area (Å²) in [5.41, 5.74) is 0. The quantitative estimate of drug-likeness (QED) is 0.0715. The maximum Gasteiger partial charge on any atom is 0.305 e. The Kier molecular flexibility index (Phi) is 27.1. The number of carbonyl (C=O) groups is 1. The Morgan fingerprint density at radius 1 is 0.500 bits per heavy atom. The zero-order chi connectivity index (χ0) is 26.6. The summed E-state index contributed by atoms with van der Waals surface area (Å²) in [6.45, 7) is 14.9. The van der Waals surface area contributed by atoms with Crippen LogP contribution >= 0.6 is 0 Å². The predicted octanol–water partition coefficient (Wildman–Crippen LogP) is 5.39. The van der Waals surface area contributed by atoms with Crippen LogP contribution in [0.1, 0.15) is 71.1 Å². The van der Waals surface area contributed by atoms with E-state index in [4.69, 9.17) is 32.8 Å². The van der Waals surface area contributed by atoms with Crippen molar-refractivity contribution in [2.24, 2.45) is 0 Å². The van der Waals surface area contributed by atoms with Crippen LogP contribution in [0.5, 0.6) is 0 Å². The standard InChI is InChI=1S/C27H56O8Si/c1-5-6-7-8-9-10-11-12-13-14-27(28)34-25-23-32-21-19-30-17-15-29-16-18-31-20-22-33-24-26-35-36(2,3)4/h5-26H2,1-4H3. The molecule has 0 bridgehead atoms. The summed E-state index contributed by atoms with van der Waals surface area (Å²) >= 11 is 0. The summed E-state index contributed by atoms with van der Waals surface area (Å²) in [4.78, 5) is 11.7. The van der Waals surface area contributed by atoms with Gasteiger partial charge in [-0.15, -0.1) is 0 Å². The van der Waals surface area contributed by atoms with Crippen LogP contribution in [0.2, 0.25) is 19.6 Å². The van der Waals surface area contributed by atoms with Crippen molar-refractivity contribution in [2.45, 2.75) is 90.8 Å². The van der Waals surface area contributed by atoms with E-state index in [-0.39, 0.29) is 5.97 Å². The average molecular weight is 537 g/mol. The van der Waals surface area contributed by atoms with Gasteiger partial charge in [-0.1, -0.05) is 58.3 Å². The minimum Gasteiger partial charge on any atom is -0.463 e. The molecular weight excluding hydrogens is 480 g/mol. The van der Waals surface area contributed by atoms with Gasteiger partial charge >= 0.3 is 5.97 Å². The molecule has 9 heteroatoms. The molecule has 36 heavy (non-hydrogen) atoms. The molecule has 0 fully saturated rings. The van der Waals surface area contributed by atoms with Crippen molar-refractivity contribution in [3.8, 4) is 0 Å². The van der Waals surface area contributed by atoms with Crippen molar-refractivity contribution in [2.75, 3.05) is 79.3 Å². The van der Waals surface area contributed by atoms with Crippen LogP contribution in [0.25, 0.3) is 0 Å². The van der Waals surface area contributed by atoms with Gasteiger partial charge in [0.05, 0.1) is 72.7 Å². The van der Waals surface area contributed by atoms with E-state index >= 15 is 0 Å². The van der Waals surface area contributed by atoms with Gasteiger partial charge in [-0.3, -0.25) is 4.79 Å². The summed E-state index contributed by atoms with van der Waals surface area (Å²) in [6.07, 6.45) is 11.7. The summed E-state index contributed by atoms with van der Waals surface area (Å²) in [6, 6.07) is 0. The second-order valence-electron chi connectivity index (χ2n) is 9.82. The fourth-order valence-corrected chi connectivity index (χ4v) is 3.95. The molecule has 0 amide bonds. The van der Waals surface area contributed by atoms with Crippen LogP contribution in [-0.2, 0) is 37.6 Å². The predicted molar refractivity (Wildman–Crippen MR) is 146 cm³/mol. The van der Waals surface area contributed by atoms with E-state index in [9.17, 15) is 4.79 Å².